The van der Waals surface area contributed by atoms with Crippen LogP contribution < -0.4 is 19.7 Å². The quantitative estimate of drug-likeness (QED) is 0.317. The molecule has 4 aliphatic rings. The molecule has 1 saturated carbocycles. The monoisotopic (exact) mass is 659 g/mol. The number of hydrogen-bond donors (Lipinski definition) is 1. The van der Waals surface area contributed by atoms with Crippen molar-refractivity contribution < 1.29 is 23.4 Å². The minimum Gasteiger partial charge on any atom is -0.490 e. The van der Waals surface area contributed by atoms with E-state index in [2.05, 4.69) is 30.1 Å². The summed E-state index contributed by atoms with van der Waals surface area (Å²) < 4.78 is 32.8. The third-order valence-electron chi connectivity index (χ3n) is 10.2. The first-order chi connectivity index (χ1) is 23.3. The van der Waals surface area contributed by atoms with E-state index >= 15 is 0 Å². The maximum atomic E-state index is 14.3. The normalized spacial score (nSPS) is 20.6. The molecule has 1 aliphatic carbocycles. The molecule has 1 atom stereocenters. The fourth-order valence-corrected chi connectivity index (χ4v) is 7.65. The smallest absolute Gasteiger partial charge is 0.257 e. The topological polar surface area (TPSA) is 105 Å². The van der Waals surface area contributed by atoms with E-state index in [0.29, 0.717) is 24.2 Å². The zero-order valence-corrected chi connectivity index (χ0v) is 28.2. The number of benzene rings is 1. The van der Waals surface area contributed by atoms with Crippen LogP contribution in [0.3, 0.4) is 0 Å². The van der Waals surface area contributed by atoms with Crippen LogP contribution in [0.2, 0.25) is 0 Å². The maximum absolute atomic E-state index is 14.3. The van der Waals surface area contributed by atoms with E-state index in [9.17, 15) is 9.18 Å². The van der Waals surface area contributed by atoms with Crippen molar-refractivity contribution in [3.8, 4) is 17.2 Å². The average Bonchev–Trinajstić information content (AvgIpc) is 3.06. The van der Waals surface area contributed by atoms with Crippen molar-refractivity contribution >= 4 is 11.7 Å². The molecule has 3 aromatic rings. The van der Waals surface area contributed by atoms with Gasteiger partial charge in [-0.05, 0) is 64.3 Å². The van der Waals surface area contributed by atoms with Crippen LogP contribution in [0.1, 0.15) is 61.6 Å². The molecule has 2 aromatic heterocycles. The third kappa shape index (κ3) is 6.83. The highest BCUT2D eigenvalue weighted by Crippen LogP contribution is 2.52. The Morgan fingerprint density at radius 1 is 1.19 bits per heavy atom. The second-order valence-corrected chi connectivity index (χ2v) is 13.9. The lowest BCUT2D eigenvalue weighted by molar-refractivity contribution is -0.0353. The third-order valence-corrected chi connectivity index (χ3v) is 10.2. The Morgan fingerprint density at radius 3 is 2.81 bits per heavy atom. The van der Waals surface area contributed by atoms with Crippen molar-refractivity contribution in [2.24, 2.45) is 5.41 Å². The fraction of sp³-hybridized carbons (Fsp3) is 0.556. The first kappa shape index (κ1) is 32.7. The number of pyridine rings is 1. The molecule has 1 aromatic carbocycles. The van der Waals surface area contributed by atoms with Gasteiger partial charge in [-0.1, -0.05) is 0 Å². The van der Waals surface area contributed by atoms with Gasteiger partial charge in [0.15, 0.2) is 11.6 Å². The lowest BCUT2D eigenvalue weighted by Crippen LogP contribution is -2.65. The number of anilines is 1. The van der Waals surface area contributed by atoms with E-state index in [4.69, 9.17) is 14.2 Å². The number of amides is 1. The maximum Gasteiger partial charge on any atom is 0.257 e. The van der Waals surface area contributed by atoms with Gasteiger partial charge >= 0.3 is 0 Å². The van der Waals surface area contributed by atoms with Gasteiger partial charge in [0.25, 0.3) is 5.91 Å². The van der Waals surface area contributed by atoms with Crippen molar-refractivity contribution in [3.63, 3.8) is 0 Å². The van der Waals surface area contributed by atoms with Gasteiger partial charge in [0.1, 0.15) is 29.7 Å². The molecule has 3 fully saturated rings. The first-order valence-corrected chi connectivity index (χ1v) is 17.3. The van der Waals surface area contributed by atoms with Crippen molar-refractivity contribution in [3.05, 3.63) is 65.6 Å². The van der Waals surface area contributed by atoms with Crippen LogP contribution >= 0.6 is 0 Å². The molecule has 0 bridgehead atoms. The summed E-state index contributed by atoms with van der Waals surface area (Å²) in [5, 5.41) is 3.56. The summed E-state index contributed by atoms with van der Waals surface area (Å²) in [7, 11) is 0. The highest BCUT2D eigenvalue weighted by atomic mass is 19.1. The van der Waals surface area contributed by atoms with Gasteiger partial charge in [-0.2, -0.15) is 0 Å². The molecule has 1 spiro atoms. The Labute approximate surface area is 281 Å². The van der Waals surface area contributed by atoms with Crippen molar-refractivity contribution in [1.82, 2.24) is 30.1 Å². The molecule has 7 rings (SSSR count). The average molecular weight is 660 g/mol. The van der Waals surface area contributed by atoms with Gasteiger partial charge in [-0.3, -0.25) is 14.7 Å². The Balaban J connectivity index is 0.962. The van der Waals surface area contributed by atoms with E-state index in [1.165, 1.54) is 30.1 Å². The standard InChI is InChI=1S/C36H46FN7O4/c1-4-44(24(2)3)35(45)28-15-25(37)5-6-31(28)48-33-18-38-23-41-34(33)43-21-36(22-43)16-27(17-36)47-32-7-10-40-30-9-13-42(19-29(30)32)12-8-26-20-46-14-11-39-26/h5-7,10,15,18,23-24,26-27,39H,4,8-9,11-14,16-17,19-22H2,1-3H3/t26-/m0/s1. The second kappa shape index (κ2) is 13.9. The fourth-order valence-electron chi connectivity index (χ4n) is 7.65. The minimum absolute atomic E-state index is 0.0369. The molecule has 1 N–H and O–H groups in total. The van der Waals surface area contributed by atoms with Crippen molar-refractivity contribution in [1.29, 1.82) is 0 Å². The molecular weight excluding hydrogens is 613 g/mol. The number of hydrogen-bond acceptors (Lipinski definition) is 10. The van der Waals surface area contributed by atoms with Crippen LogP contribution in [0.4, 0.5) is 10.2 Å². The molecule has 3 aliphatic heterocycles. The number of nitrogens with zero attached hydrogens (tertiary/aromatic N) is 6. The van der Waals surface area contributed by atoms with Gasteiger partial charge in [0, 0.05) is 87.2 Å². The van der Waals surface area contributed by atoms with Gasteiger partial charge in [0.2, 0.25) is 0 Å². The van der Waals surface area contributed by atoms with Crippen LogP contribution in [-0.2, 0) is 17.7 Å². The second-order valence-electron chi connectivity index (χ2n) is 13.9. The predicted octanol–water partition coefficient (Wildman–Crippen LogP) is 4.46. The summed E-state index contributed by atoms with van der Waals surface area (Å²) in [6.07, 6.45) is 9.10. The van der Waals surface area contributed by atoms with Crippen LogP contribution in [0, 0.1) is 11.2 Å². The highest BCUT2D eigenvalue weighted by Gasteiger charge is 2.54. The van der Waals surface area contributed by atoms with E-state index in [-0.39, 0.29) is 34.8 Å². The van der Waals surface area contributed by atoms with Crippen LogP contribution in [0.5, 0.6) is 17.2 Å². The molecular formula is C36H46FN7O4. The molecule has 12 heteroatoms. The summed E-state index contributed by atoms with van der Waals surface area (Å²) in [5.74, 6) is 1.58. The largest absolute Gasteiger partial charge is 0.490 e. The molecule has 256 valence electrons. The summed E-state index contributed by atoms with van der Waals surface area (Å²) in [6.45, 7) is 13.4. The number of rotatable bonds is 11. The lowest BCUT2D eigenvalue weighted by atomic mass is 9.61. The predicted molar refractivity (Wildman–Crippen MR) is 179 cm³/mol. The molecule has 1 amide bonds. The number of aromatic nitrogens is 3. The molecule has 5 heterocycles. The number of fused-ring (bicyclic) bond motifs is 1. The summed E-state index contributed by atoms with van der Waals surface area (Å²) in [5.41, 5.74) is 2.72. The molecule has 48 heavy (non-hydrogen) atoms. The Hall–Kier alpha value is -3.87. The first-order valence-electron chi connectivity index (χ1n) is 17.3. The van der Waals surface area contributed by atoms with E-state index < -0.39 is 5.82 Å². The molecule has 11 nitrogen and oxygen atoms in total. The van der Waals surface area contributed by atoms with Crippen LogP contribution in [0.25, 0.3) is 0 Å². The molecule has 0 radical (unpaired) electrons. The Morgan fingerprint density at radius 2 is 2.04 bits per heavy atom. The zero-order valence-electron chi connectivity index (χ0n) is 28.2. The van der Waals surface area contributed by atoms with Gasteiger partial charge in [-0.25, -0.2) is 14.4 Å². The van der Waals surface area contributed by atoms with Crippen molar-refractivity contribution in [2.75, 3.05) is 57.4 Å². The molecule has 2 saturated heterocycles. The Kier molecular flexibility index (Phi) is 9.48. The Bertz CT molecular complexity index is 1600. The van der Waals surface area contributed by atoms with E-state index in [1.54, 1.807) is 11.1 Å². The minimum atomic E-state index is -0.492. The summed E-state index contributed by atoms with van der Waals surface area (Å²) in [6, 6.07) is 6.45. The van der Waals surface area contributed by atoms with Crippen LogP contribution in [-0.4, -0.2) is 101 Å². The SMILES string of the molecule is CCN(C(=O)c1cc(F)ccc1Oc1cncnc1N1CC2(CC(Oc3ccnc4c3CN(CC[C@H]3COCCN3)CC4)C2)C1)C(C)C. The van der Waals surface area contributed by atoms with E-state index in [0.717, 1.165) is 89.6 Å². The number of ether oxygens (including phenoxy) is 3. The van der Waals surface area contributed by atoms with Crippen molar-refractivity contribution in [2.45, 2.75) is 71.2 Å². The number of halogens is 1. The zero-order chi connectivity index (χ0) is 33.3. The number of carbonyl (C=O) groups excluding carboxylic acids is 1. The number of nitrogens with one attached hydrogen (secondary N) is 1. The summed E-state index contributed by atoms with van der Waals surface area (Å²) in [4.78, 5) is 33.2. The lowest BCUT2D eigenvalue weighted by Gasteiger charge is -2.59. The number of morpholine rings is 1. The van der Waals surface area contributed by atoms with Gasteiger partial charge in [-0.15, -0.1) is 0 Å². The van der Waals surface area contributed by atoms with Gasteiger partial charge in [0.05, 0.1) is 25.0 Å². The number of carbonyl (C=O) groups is 1. The van der Waals surface area contributed by atoms with Gasteiger partial charge < -0.3 is 29.3 Å². The highest BCUT2D eigenvalue weighted by molar-refractivity contribution is 5.97. The summed E-state index contributed by atoms with van der Waals surface area (Å²) >= 11 is 0. The van der Waals surface area contributed by atoms with Crippen LogP contribution in [0.15, 0.2) is 43.0 Å². The van der Waals surface area contributed by atoms with E-state index in [1.807, 2.05) is 33.0 Å². The molecule has 0 unspecified atom stereocenters.